The second-order valence-corrected chi connectivity index (χ2v) is 8.17. The third kappa shape index (κ3) is 3.14. The van der Waals surface area contributed by atoms with Crippen LogP contribution in [0.1, 0.15) is 23.5 Å². The van der Waals surface area contributed by atoms with Crippen LogP contribution in [0.25, 0.3) is 22.1 Å². The van der Waals surface area contributed by atoms with Gasteiger partial charge in [-0.25, -0.2) is 0 Å². The molecule has 0 bridgehead atoms. The number of hydrogen-bond acceptors (Lipinski definition) is 8. The first kappa shape index (κ1) is 20.2. The lowest BCUT2D eigenvalue weighted by Crippen LogP contribution is -2.22. The van der Waals surface area contributed by atoms with Crippen molar-refractivity contribution in [3.63, 3.8) is 0 Å². The molecule has 0 amide bonds. The summed E-state index contributed by atoms with van der Waals surface area (Å²) < 4.78 is 22.6. The molecule has 8 nitrogen and oxygen atoms in total. The maximum absolute atomic E-state index is 13.4. The molecule has 0 radical (unpaired) electrons. The first-order valence-electron chi connectivity index (χ1n) is 10.7. The van der Waals surface area contributed by atoms with Crippen molar-refractivity contribution in [2.45, 2.75) is 12.3 Å². The minimum Gasteiger partial charge on any atom is -0.508 e. The molecule has 34 heavy (non-hydrogen) atoms. The van der Waals surface area contributed by atoms with E-state index in [1.165, 1.54) is 24.5 Å². The number of hydrogen-bond donors (Lipinski definition) is 2. The summed E-state index contributed by atoms with van der Waals surface area (Å²) in [6.07, 6.45) is 1.34. The van der Waals surface area contributed by atoms with Crippen molar-refractivity contribution >= 4 is 16.9 Å². The van der Waals surface area contributed by atoms with Crippen molar-refractivity contribution in [1.29, 1.82) is 0 Å². The Morgan fingerprint density at radius 3 is 2.41 bits per heavy atom. The highest BCUT2D eigenvalue weighted by molar-refractivity contribution is 5.94. The molecule has 0 saturated heterocycles. The fourth-order valence-electron chi connectivity index (χ4n) is 4.53. The lowest BCUT2D eigenvalue weighted by Gasteiger charge is -2.27. The lowest BCUT2D eigenvalue weighted by atomic mass is 9.84. The van der Waals surface area contributed by atoms with Gasteiger partial charge in [0.1, 0.15) is 47.7 Å². The van der Waals surface area contributed by atoms with Crippen LogP contribution in [0.5, 0.6) is 28.7 Å². The normalized spacial score (nSPS) is 16.7. The Balaban J connectivity index is 1.56. The van der Waals surface area contributed by atoms with E-state index >= 15 is 0 Å². The first-order valence-corrected chi connectivity index (χ1v) is 10.7. The zero-order valence-electron chi connectivity index (χ0n) is 17.7. The Labute approximate surface area is 192 Å². The summed E-state index contributed by atoms with van der Waals surface area (Å²) in [5.41, 5.74) is 1.73. The van der Waals surface area contributed by atoms with Crippen molar-refractivity contribution in [2.24, 2.45) is 0 Å². The Hall–Kier alpha value is -4.46. The molecule has 2 N–H and O–H groups in total. The Morgan fingerprint density at radius 1 is 0.853 bits per heavy atom. The van der Waals surface area contributed by atoms with Gasteiger partial charge < -0.3 is 28.8 Å². The maximum atomic E-state index is 13.4. The van der Waals surface area contributed by atoms with Gasteiger partial charge in [-0.1, -0.05) is 18.2 Å². The number of carbonyl (C=O) groups excluding carboxylic acids is 1. The number of phenolic OH excluding ortho intramolecular Hbond substituents is 2. The SMILES string of the molecule is O=C1C[C@@H](c2ccc3c(c2)OCCO3)c2c(cc(O)c3c(=O)c(-c4ccc(O)cc4)coc23)O1. The molecule has 6 rings (SSSR count). The number of phenols is 2. The Kier molecular flexibility index (Phi) is 4.48. The molecular formula is C26H18O8. The standard InChI is InChI=1S/C26H18O8/c27-15-4-1-13(2-5-15)17-12-33-26-23-16(14-3-6-19-20(9-14)32-8-7-31-19)10-22(29)34-21(23)11-18(28)24(26)25(17)30/h1-6,9,11-12,16,27-28H,7-8,10H2/t16-/m0/s1. The molecule has 1 aromatic heterocycles. The second-order valence-electron chi connectivity index (χ2n) is 8.17. The predicted octanol–water partition coefficient (Wildman–Crippen LogP) is 4.08. The average Bonchev–Trinajstić information content (AvgIpc) is 2.84. The van der Waals surface area contributed by atoms with Crippen LogP contribution in [0.15, 0.2) is 64.0 Å². The highest BCUT2D eigenvalue weighted by Crippen LogP contribution is 2.47. The summed E-state index contributed by atoms with van der Waals surface area (Å²) in [7, 11) is 0. The second kappa shape index (κ2) is 7.55. The quantitative estimate of drug-likeness (QED) is 0.341. The van der Waals surface area contributed by atoms with Gasteiger partial charge in [0.15, 0.2) is 11.5 Å². The molecule has 1 atom stereocenters. The van der Waals surface area contributed by atoms with Gasteiger partial charge in [0, 0.05) is 17.5 Å². The molecule has 4 aromatic rings. The van der Waals surface area contributed by atoms with Crippen LogP contribution in [-0.2, 0) is 4.79 Å². The third-order valence-electron chi connectivity index (χ3n) is 6.12. The van der Waals surface area contributed by atoms with Crippen LogP contribution in [0.2, 0.25) is 0 Å². The Morgan fingerprint density at radius 2 is 1.62 bits per heavy atom. The van der Waals surface area contributed by atoms with Gasteiger partial charge in [-0.2, -0.15) is 0 Å². The van der Waals surface area contributed by atoms with Crippen LogP contribution >= 0.6 is 0 Å². The fourth-order valence-corrected chi connectivity index (χ4v) is 4.53. The molecule has 0 aliphatic carbocycles. The van der Waals surface area contributed by atoms with Gasteiger partial charge in [-0.05, 0) is 35.4 Å². The molecule has 0 saturated carbocycles. The van der Waals surface area contributed by atoms with Crippen LogP contribution in [0, 0.1) is 0 Å². The van der Waals surface area contributed by atoms with E-state index < -0.39 is 17.3 Å². The molecule has 0 unspecified atom stereocenters. The Bertz CT molecular complexity index is 1520. The minimum absolute atomic E-state index is 0.00943. The zero-order valence-corrected chi connectivity index (χ0v) is 17.7. The third-order valence-corrected chi connectivity index (χ3v) is 6.12. The topological polar surface area (TPSA) is 115 Å². The van der Waals surface area contributed by atoms with Gasteiger partial charge in [-0.3, -0.25) is 9.59 Å². The van der Waals surface area contributed by atoms with Crippen LogP contribution in [0.3, 0.4) is 0 Å². The maximum Gasteiger partial charge on any atom is 0.312 e. The highest BCUT2D eigenvalue weighted by atomic mass is 16.6. The number of fused-ring (bicyclic) bond motifs is 4. The van der Waals surface area contributed by atoms with Gasteiger partial charge in [0.2, 0.25) is 5.43 Å². The number of rotatable bonds is 2. The van der Waals surface area contributed by atoms with Gasteiger partial charge in [-0.15, -0.1) is 0 Å². The van der Waals surface area contributed by atoms with E-state index in [-0.39, 0.29) is 40.2 Å². The van der Waals surface area contributed by atoms with E-state index in [4.69, 9.17) is 18.6 Å². The van der Waals surface area contributed by atoms with Crippen molar-refractivity contribution < 1.29 is 33.6 Å². The molecule has 3 heterocycles. The van der Waals surface area contributed by atoms with E-state index in [1.54, 1.807) is 18.2 Å². The summed E-state index contributed by atoms with van der Waals surface area (Å²) in [6.45, 7) is 0.884. The van der Waals surface area contributed by atoms with Gasteiger partial charge >= 0.3 is 5.97 Å². The summed E-state index contributed by atoms with van der Waals surface area (Å²) in [5, 5.41) is 20.2. The molecule has 3 aromatic carbocycles. The fraction of sp³-hybridized carbons (Fsp3) is 0.154. The van der Waals surface area contributed by atoms with Crippen molar-refractivity contribution in [1.82, 2.24) is 0 Å². The number of esters is 1. The van der Waals surface area contributed by atoms with E-state index in [2.05, 4.69) is 0 Å². The summed E-state index contributed by atoms with van der Waals surface area (Å²) >= 11 is 0. The molecule has 8 heteroatoms. The van der Waals surface area contributed by atoms with Crippen molar-refractivity contribution in [3.8, 4) is 39.9 Å². The van der Waals surface area contributed by atoms with E-state index in [1.807, 2.05) is 12.1 Å². The molecule has 0 fully saturated rings. The predicted molar refractivity (Wildman–Crippen MR) is 121 cm³/mol. The average molecular weight is 458 g/mol. The summed E-state index contributed by atoms with van der Waals surface area (Å²) in [5.74, 6) is 0.0973. The van der Waals surface area contributed by atoms with E-state index in [0.29, 0.717) is 35.8 Å². The molecule has 0 spiro atoms. The molecule has 170 valence electrons. The van der Waals surface area contributed by atoms with Crippen molar-refractivity contribution in [3.05, 3.63) is 76.1 Å². The lowest BCUT2D eigenvalue weighted by molar-refractivity contribution is -0.135. The van der Waals surface area contributed by atoms with E-state index in [9.17, 15) is 19.8 Å². The smallest absolute Gasteiger partial charge is 0.312 e. The molecule has 2 aliphatic heterocycles. The molecular weight excluding hydrogens is 440 g/mol. The zero-order chi connectivity index (χ0) is 23.4. The van der Waals surface area contributed by atoms with Gasteiger partial charge in [0.25, 0.3) is 0 Å². The summed E-state index contributed by atoms with van der Waals surface area (Å²) in [6, 6.07) is 12.8. The van der Waals surface area contributed by atoms with E-state index in [0.717, 1.165) is 5.56 Å². The number of benzene rings is 3. The monoisotopic (exact) mass is 458 g/mol. The van der Waals surface area contributed by atoms with Crippen molar-refractivity contribution in [2.75, 3.05) is 13.2 Å². The number of aromatic hydroxyl groups is 2. The number of ether oxygens (including phenoxy) is 3. The highest BCUT2D eigenvalue weighted by Gasteiger charge is 2.34. The summed E-state index contributed by atoms with van der Waals surface area (Å²) in [4.78, 5) is 25.8. The first-order chi connectivity index (χ1) is 16.5. The van der Waals surface area contributed by atoms with Crippen LogP contribution in [0.4, 0.5) is 0 Å². The number of carbonyl (C=O) groups is 1. The minimum atomic E-state index is -0.488. The molecule has 2 aliphatic rings. The van der Waals surface area contributed by atoms with Crippen LogP contribution < -0.4 is 19.6 Å². The largest absolute Gasteiger partial charge is 0.508 e. The van der Waals surface area contributed by atoms with Crippen LogP contribution in [-0.4, -0.2) is 29.4 Å². The van der Waals surface area contributed by atoms with Gasteiger partial charge in [0.05, 0.1) is 12.0 Å².